The van der Waals surface area contributed by atoms with Gasteiger partial charge in [-0.1, -0.05) is 34.7 Å². The fourth-order valence-electron chi connectivity index (χ4n) is 2.16. The van der Waals surface area contributed by atoms with Crippen LogP contribution in [0.1, 0.15) is 17.8 Å². The summed E-state index contributed by atoms with van der Waals surface area (Å²) in [6, 6.07) is 7.12. The molecule has 3 aromatic rings. The van der Waals surface area contributed by atoms with Crippen molar-refractivity contribution in [2.75, 3.05) is 11.1 Å². The molecule has 0 radical (unpaired) electrons. The Balaban J connectivity index is 1.56. The van der Waals surface area contributed by atoms with Gasteiger partial charge in [0.2, 0.25) is 11.0 Å². The molecule has 0 aliphatic rings. The standard InChI is InChI=1S/C16H17ClN6O2S2/c1-3-23-13(8-25-12-6-4-11(17)5-7-12)20-22-16(23)26-9-14(24)18-15-21-19-10(2)27-15/h4-7H,3,8-9H2,1-2H3,(H,18,21,24). The van der Waals surface area contributed by atoms with Crippen LogP contribution < -0.4 is 10.1 Å². The van der Waals surface area contributed by atoms with E-state index < -0.39 is 0 Å². The highest BCUT2D eigenvalue weighted by atomic mass is 35.5. The predicted octanol–water partition coefficient (Wildman–Crippen LogP) is 3.42. The van der Waals surface area contributed by atoms with Crippen molar-refractivity contribution in [3.8, 4) is 5.75 Å². The van der Waals surface area contributed by atoms with Crippen molar-refractivity contribution in [3.63, 3.8) is 0 Å². The van der Waals surface area contributed by atoms with E-state index in [-0.39, 0.29) is 18.3 Å². The van der Waals surface area contributed by atoms with Gasteiger partial charge in [0.15, 0.2) is 11.0 Å². The van der Waals surface area contributed by atoms with Crippen molar-refractivity contribution in [1.82, 2.24) is 25.0 Å². The van der Waals surface area contributed by atoms with Gasteiger partial charge in [0.1, 0.15) is 17.4 Å². The Morgan fingerprint density at radius 3 is 2.70 bits per heavy atom. The number of nitrogens with one attached hydrogen (secondary N) is 1. The molecule has 2 heterocycles. The molecule has 0 saturated carbocycles. The van der Waals surface area contributed by atoms with Crippen LogP contribution in [0.15, 0.2) is 29.4 Å². The number of anilines is 1. The molecule has 0 aliphatic carbocycles. The van der Waals surface area contributed by atoms with Crippen LogP contribution in [0.2, 0.25) is 5.02 Å². The number of carbonyl (C=O) groups excluding carboxylic acids is 1. The lowest BCUT2D eigenvalue weighted by atomic mass is 10.3. The third kappa shape index (κ3) is 5.41. The van der Waals surface area contributed by atoms with Gasteiger partial charge in [-0.05, 0) is 38.1 Å². The lowest BCUT2D eigenvalue weighted by Gasteiger charge is -2.09. The number of hydrogen-bond acceptors (Lipinski definition) is 8. The molecule has 2 aromatic heterocycles. The number of hydrogen-bond donors (Lipinski definition) is 1. The minimum Gasteiger partial charge on any atom is -0.486 e. The lowest BCUT2D eigenvalue weighted by Crippen LogP contribution is -2.14. The molecule has 1 N–H and O–H groups in total. The van der Waals surface area contributed by atoms with Crippen LogP contribution in [0.5, 0.6) is 5.75 Å². The maximum atomic E-state index is 12.1. The van der Waals surface area contributed by atoms with Crippen molar-refractivity contribution in [2.24, 2.45) is 0 Å². The highest BCUT2D eigenvalue weighted by molar-refractivity contribution is 7.99. The van der Waals surface area contributed by atoms with E-state index in [4.69, 9.17) is 16.3 Å². The molecular formula is C16H17ClN6O2S2. The SMILES string of the molecule is CCn1c(COc2ccc(Cl)cc2)nnc1SCC(=O)Nc1nnc(C)s1. The molecule has 1 aromatic carbocycles. The van der Waals surface area contributed by atoms with E-state index in [1.165, 1.54) is 23.1 Å². The van der Waals surface area contributed by atoms with Gasteiger partial charge in [0.05, 0.1) is 5.75 Å². The average Bonchev–Trinajstić information content (AvgIpc) is 3.24. The minimum atomic E-state index is -0.166. The maximum absolute atomic E-state index is 12.1. The van der Waals surface area contributed by atoms with Crippen molar-refractivity contribution < 1.29 is 9.53 Å². The Bertz CT molecular complexity index is 912. The lowest BCUT2D eigenvalue weighted by molar-refractivity contribution is -0.113. The third-order valence-corrected chi connectivity index (χ3v) is 5.37. The second-order valence-corrected chi connectivity index (χ2v) is 7.91. The normalized spacial score (nSPS) is 10.8. The molecule has 0 atom stereocenters. The topological polar surface area (TPSA) is 94.8 Å². The van der Waals surface area contributed by atoms with Gasteiger partial charge in [-0.15, -0.1) is 20.4 Å². The van der Waals surface area contributed by atoms with Crippen molar-refractivity contribution in [1.29, 1.82) is 0 Å². The smallest absolute Gasteiger partial charge is 0.236 e. The van der Waals surface area contributed by atoms with Gasteiger partial charge in [-0.3, -0.25) is 10.1 Å². The summed E-state index contributed by atoms with van der Waals surface area (Å²) in [6.45, 7) is 4.77. The number of aryl methyl sites for hydroxylation is 1. The van der Waals surface area contributed by atoms with Crippen molar-refractivity contribution in [2.45, 2.75) is 32.2 Å². The quantitative estimate of drug-likeness (QED) is 0.553. The molecule has 1 amide bonds. The first-order chi connectivity index (χ1) is 13.0. The molecule has 0 aliphatic heterocycles. The van der Waals surface area contributed by atoms with Gasteiger partial charge in [0.25, 0.3) is 0 Å². The fourth-order valence-corrected chi connectivity index (χ4v) is 3.72. The van der Waals surface area contributed by atoms with Crippen molar-refractivity contribution in [3.05, 3.63) is 40.1 Å². The predicted molar refractivity (Wildman–Crippen MR) is 105 cm³/mol. The largest absolute Gasteiger partial charge is 0.486 e. The van der Waals surface area contributed by atoms with E-state index >= 15 is 0 Å². The maximum Gasteiger partial charge on any atom is 0.236 e. The van der Waals surface area contributed by atoms with Crippen LogP contribution in [0, 0.1) is 6.92 Å². The molecular weight excluding hydrogens is 408 g/mol. The molecule has 3 rings (SSSR count). The van der Waals surface area contributed by atoms with Gasteiger partial charge in [-0.25, -0.2) is 0 Å². The number of halogens is 1. The zero-order valence-corrected chi connectivity index (χ0v) is 17.1. The summed E-state index contributed by atoms with van der Waals surface area (Å²) in [5.41, 5.74) is 0. The highest BCUT2D eigenvalue weighted by Gasteiger charge is 2.14. The van der Waals surface area contributed by atoms with E-state index in [0.29, 0.717) is 33.4 Å². The summed E-state index contributed by atoms with van der Waals surface area (Å²) >= 11 is 8.51. The summed E-state index contributed by atoms with van der Waals surface area (Å²) in [4.78, 5) is 12.1. The fraction of sp³-hybridized carbons (Fsp3) is 0.312. The zero-order chi connectivity index (χ0) is 19.2. The first-order valence-corrected chi connectivity index (χ1v) is 10.3. The van der Waals surface area contributed by atoms with Gasteiger partial charge in [-0.2, -0.15) is 0 Å². The van der Waals surface area contributed by atoms with Gasteiger partial charge < -0.3 is 9.30 Å². The number of thioether (sulfide) groups is 1. The molecule has 0 saturated heterocycles. The second kappa shape index (κ2) is 9.16. The van der Waals surface area contributed by atoms with Crippen LogP contribution in [0.3, 0.4) is 0 Å². The van der Waals surface area contributed by atoms with E-state index in [1.807, 2.05) is 18.4 Å². The Morgan fingerprint density at radius 1 is 1.26 bits per heavy atom. The van der Waals surface area contributed by atoms with Crippen LogP contribution in [0.25, 0.3) is 0 Å². The van der Waals surface area contributed by atoms with Crippen molar-refractivity contribution >= 4 is 45.7 Å². The van der Waals surface area contributed by atoms with E-state index in [0.717, 1.165) is 5.01 Å². The molecule has 11 heteroatoms. The Hall–Kier alpha value is -2.17. The highest BCUT2D eigenvalue weighted by Crippen LogP contribution is 2.21. The Kier molecular flexibility index (Phi) is 6.64. The summed E-state index contributed by atoms with van der Waals surface area (Å²) in [5.74, 6) is 1.43. The number of nitrogens with zero attached hydrogens (tertiary/aromatic N) is 5. The van der Waals surface area contributed by atoms with Crippen LogP contribution in [-0.2, 0) is 17.9 Å². The number of carbonyl (C=O) groups is 1. The number of rotatable bonds is 8. The molecule has 0 bridgehead atoms. The molecule has 0 spiro atoms. The Morgan fingerprint density at radius 2 is 2.04 bits per heavy atom. The second-order valence-electron chi connectivity index (χ2n) is 5.35. The van der Waals surface area contributed by atoms with Crippen LogP contribution in [-0.4, -0.2) is 36.6 Å². The molecule has 8 nitrogen and oxygen atoms in total. The van der Waals surface area contributed by atoms with Crippen LogP contribution >= 0.6 is 34.7 Å². The number of aromatic nitrogens is 5. The van der Waals surface area contributed by atoms with E-state index in [2.05, 4.69) is 25.7 Å². The minimum absolute atomic E-state index is 0.166. The summed E-state index contributed by atoms with van der Waals surface area (Å²) in [5, 5.41) is 21.4. The molecule has 27 heavy (non-hydrogen) atoms. The molecule has 0 fully saturated rings. The summed E-state index contributed by atoms with van der Waals surface area (Å²) < 4.78 is 7.65. The van der Waals surface area contributed by atoms with Crippen LogP contribution in [0.4, 0.5) is 5.13 Å². The van der Waals surface area contributed by atoms with Gasteiger partial charge in [0, 0.05) is 11.6 Å². The molecule has 0 unspecified atom stereocenters. The summed E-state index contributed by atoms with van der Waals surface area (Å²) in [6.07, 6.45) is 0. The zero-order valence-electron chi connectivity index (χ0n) is 14.7. The number of ether oxygens (including phenoxy) is 1. The number of benzene rings is 1. The third-order valence-electron chi connectivity index (χ3n) is 3.40. The first kappa shape index (κ1) is 19.6. The average molecular weight is 425 g/mol. The number of amides is 1. The van der Waals surface area contributed by atoms with E-state index in [1.54, 1.807) is 24.3 Å². The monoisotopic (exact) mass is 424 g/mol. The Labute approximate surface area is 169 Å². The van der Waals surface area contributed by atoms with Gasteiger partial charge >= 0.3 is 0 Å². The first-order valence-electron chi connectivity index (χ1n) is 8.08. The van der Waals surface area contributed by atoms with E-state index in [9.17, 15) is 4.79 Å². The molecule has 142 valence electrons. The summed E-state index contributed by atoms with van der Waals surface area (Å²) in [7, 11) is 0.